The lowest BCUT2D eigenvalue weighted by atomic mass is 10.2. The standard InChI is InChI=1S/C16H17N3O3/c1-3-10-17-14(20)18(11-4-2)16(22)19(15(17)21)12-13-8-6-5-7-9-13/h3-9H,1-2,10-12H2. The molecule has 6 nitrogen and oxygen atoms in total. The summed E-state index contributed by atoms with van der Waals surface area (Å²) in [6.07, 6.45) is 2.89. The summed E-state index contributed by atoms with van der Waals surface area (Å²) in [6.45, 7) is 7.26. The van der Waals surface area contributed by atoms with Crippen LogP contribution in [0.15, 0.2) is 70.0 Å². The quantitative estimate of drug-likeness (QED) is 0.733. The number of aromatic nitrogens is 3. The Hall–Kier alpha value is -2.89. The van der Waals surface area contributed by atoms with Crippen molar-refractivity contribution in [2.24, 2.45) is 0 Å². The molecule has 0 aliphatic heterocycles. The molecule has 0 saturated carbocycles. The van der Waals surface area contributed by atoms with Crippen LogP contribution in [0.25, 0.3) is 0 Å². The van der Waals surface area contributed by atoms with Crippen LogP contribution in [0, 0.1) is 0 Å². The Morgan fingerprint density at radius 1 is 0.773 bits per heavy atom. The zero-order valence-corrected chi connectivity index (χ0v) is 12.1. The van der Waals surface area contributed by atoms with Crippen molar-refractivity contribution >= 4 is 0 Å². The Morgan fingerprint density at radius 3 is 1.68 bits per heavy atom. The summed E-state index contributed by atoms with van der Waals surface area (Å²) in [4.78, 5) is 37.0. The molecule has 2 aromatic rings. The third-order valence-corrected chi connectivity index (χ3v) is 3.19. The van der Waals surface area contributed by atoms with E-state index in [2.05, 4.69) is 13.2 Å². The molecule has 0 spiro atoms. The van der Waals surface area contributed by atoms with Gasteiger partial charge in [0.15, 0.2) is 0 Å². The molecule has 1 aromatic heterocycles. The second-order valence-corrected chi connectivity index (χ2v) is 4.72. The molecule has 6 heteroatoms. The van der Waals surface area contributed by atoms with Crippen LogP contribution in [0.4, 0.5) is 0 Å². The van der Waals surface area contributed by atoms with Gasteiger partial charge in [-0.1, -0.05) is 42.5 Å². The summed E-state index contributed by atoms with van der Waals surface area (Å²) in [7, 11) is 0. The SMILES string of the molecule is C=CCn1c(=O)n(CC=C)c(=O)n(Cc2ccccc2)c1=O. The van der Waals surface area contributed by atoms with Crippen molar-refractivity contribution in [3.05, 3.63) is 92.7 Å². The molecule has 0 bridgehead atoms. The van der Waals surface area contributed by atoms with E-state index in [0.717, 1.165) is 19.3 Å². The van der Waals surface area contributed by atoms with Crippen molar-refractivity contribution in [1.82, 2.24) is 13.7 Å². The summed E-state index contributed by atoms with van der Waals surface area (Å²) in [5, 5.41) is 0. The van der Waals surface area contributed by atoms with E-state index in [0.29, 0.717) is 0 Å². The van der Waals surface area contributed by atoms with E-state index in [1.165, 1.54) is 12.2 Å². The third-order valence-electron chi connectivity index (χ3n) is 3.19. The molecule has 22 heavy (non-hydrogen) atoms. The minimum Gasteiger partial charge on any atom is -0.247 e. The maximum Gasteiger partial charge on any atom is 0.336 e. The van der Waals surface area contributed by atoms with E-state index in [1.54, 1.807) is 0 Å². The molecular formula is C16H17N3O3. The van der Waals surface area contributed by atoms with Crippen LogP contribution in [0.1, 0.15) is 5.56 Å². The predicted octanol–water partition coefficient (Wildman–Crippen LogP) is 0.592. The summed E-state index contributed by atoms with van der Waals surface area (Å²) in [5.41, 5.74) is -1.13. The zero-order valence-electron chi connectivity index (χ0n) is 12.1. The summed E-state index contributed by atoms with van der Waals surface area (Å²) >= 11 is 0. The molecule has 0 fully saturated rings. The smallest absolute Gasteiger partial charge is 0.247 e. The lowest BCUT2D eigenvalue weighted by Crippen LogP contribution is -2.54. The molecule has 114 valence electrons. The maximum absolute atomic E-state index is 12.4. The van der Waals surface area contributed by atoms with Crippen molar-refractivity contribution in [1.29, 1.82) is 0 Å². The lowest BCUT2D eigenvalue weighted by molar-refractivity contribution is 0.498. The molecule has 0 aliphatic carbocycles. The monoisotopic (exact) mass is 299 g/mol. The molecule has 0 saturated heterocycles. The highest BCUT2D eigenvalue weighted by atomic mass is 16.2. The Balaban J connectivity index is 2.69. The third kappa shape index (κ3) is 2.90. The van der Waals surface area contributed by atoms with Gasteiger partial charge in [0, 0.05) is 0 Å². The van der Waals surface area contributed by atoms with Gasteiger partial charge in [0.25, 0.3) is 0 Å². The number of rotatable bonds is 6. The fourth-order valence-electron chi connectivity index (χ4n) is 2.15. The zero-order chi connectivity index (χ0) is 16.1. The van der Waals surface area contributed by atoms with Gasteiger partial charge in [-0.25, -0.2) is 28.1 Å². The van der Waals surface area contributed by atoms with Crippen molar-refractivity contribution in [3.63, 3.8) is 0 Å². The van der Waals surface area contributed by atoms with E-state index >= 15 is 0 Å². The largest absolute Gasteiger partial charge is 0.336 e. The molecule has 1 aromatic carbocycles. The van der Waals surface area contributed by atoms with Gasteiger partial charge in [-0.3, -0.25) is 0 Å². The summed E-state index contributed by atoms with van der Waals surface area (Å²) in [6, 6.07) is 9.12. The van der Waals surface area contributed by atoms with Crippen molar-refractivity contribution in [2.75, 3.05) is 0 Å². The molecule has 0 unspecified atom stereocenters. The summed E-state index contributed by atoms with van der Waals surface area (Å²) in [5.74, 6) is 0. The summed E-state index contributed by atoms with van der Waals surface area (Å²) < 4.78 is 3.02. The Bertz CT molecular complexity index is 809. The van der Waals surface area contributed by atoms with E-state index in [9.17, 15) is 14.4 Å². The molecular weight excluding hydrogens is 282 g/mol. The van der Waals surface area contributed by atoms with Crippen LogP contribution in [0.5, 0.6) is 0 Å². The second-order valence-electron chi connectivity index (χ2n) is 4.72. The highest BCUT2D eigenvalue weighted by Crippen LogP contribution is 1.98. The van der Waals surface area contributed by atoms with Crippen LogP contribution in [-0.4, -0.2) is 13.7 Å². The van der Waals surface area contributed by atoms with Gasteiger partial charge in [0.1, 0.15) is 0 Å². The highest BCUT2D eigenvalue weighted by molar-refractivity contribution is 5.14. The van der Waals surface area contributed by atoms with Crippen LogP contribution >= 0.6 is 0 Å². The highest BCUT2D eigenvalue weighted by Gasteiger charge is 2.14. The average Bonchev–Trinajstić information content (AvgIpc) is 2.53. The van der Waals surface area contributed by atoms with Gasteiger partial charge in [-0.15, -0.1) is 13.2 Å². The lowest BCUT2D eigenvalue weighted by Gasteiger charge is -2.12. The molecule has 0 atom stereocenters. The minimum absolute atomic E-state index is 0.0455. The van der Waals surface area contributed by atoms with Gasteiger partial charge < -0.3 is 0 Å². The first-order valence-electron chi connectivity index (χ1n) is 6.80. The van der Waals surface area contributed by atoms with Crippen LogP contribution in [0.2, 0.25) is 0 Å². The molecule has 2 rings (SSSR count). The fourth-order valence-corrected chi connectivity index (χ4v) is 2.15. The molecule has 1 heterocycles. The first-order valence-corrected chi connectivity index (χ1v) is 6.80. The van der Waals surface area contributed by atoms with Gasteiger partial charge in [0.05, 0.1) is 19.6 Å². The number of allylic oxidation sites excluding steroid dienone is 2. The predicted molar refractivity (Wildman–Crippen MR) is 85.2 cm³/mol. The Labute approximate surface area is 126 Å². The number of hydrogen-bond donors (Lipinski definition) is 0. The fraction of sp³-hybridized carbons (Fsp3) is 0.188. The van der Waals surface area contributed by atoms with Crippen LogP contribution < -0.4 is 17.1 Å². The van der Waals surface area contributed by atoms with Crippen molar-refractivity contribution < 1.29 is 0 Å². The van der Waals surface area contributed by atoms with Gasteiger partial charge in [0.2, 0.25) is 0 Å². The molecule has 0 radical (unpaired) electrons. The van der Waals surface area contributed by atoms with Gasteiger partial charge in [-0.2, -0.15) is 0 Å². The van der Waals surface area contributed by atoms with Crippen molar-refractivity contribution in [2.45, 2.75) is 19.6 Å². The average molecular weight is 299 g/mol. The minimum atomic E-state index is -0.654. The van der Waals surface area contributed by atoms with E-state index in [1.807, 2.05) is 30.3 Å². The number of hydrogen-bond acceptors (Lipinski definition) is 3. The van der Waals surface area contributed by atoms with E-state index in [-0.39, 0.29) is 19.6 Å². The topological polar surface area (TPSA) is 66.0 Å². The first-order chi connectivity index (χ1) is 10.6. The van der Waals surface area contributed by atoms with Crippen LogP contribution in [0.3, 0.4) is 0 Å². The maximum atomic E-state index is 12.4. The molecule has 0 amide bonds. The second kappa shape index (κ2) is 6.71. The first kappa shape index (κ1) is 15.5. The Morgan fingerprint density at radius 2 is 1.23 bits per heavy atom. The Kier molecular flexibility index (Phi) is 4.73. The normalized spacial score (nSPS) is 10.4. The van der Waals surface area contributed by atoms with E-state index in [4.69, 9.17) is 0 Å². The molecule has 0 aliphatic rings. The van der Waals surface area contributed by atoms with E-state index < -0.39 is 17.1 Å². The van der Waals surface area contributed by atoms with Gasteiger partial charge >= 0.3 is 17.1 Å². The van der Waals surface area contributed by atoms with Gasteiger partial charge in [-0.05, 0) is 5.56 Å². The van der Waals surface area contributed by atoms with Crippen molar-refractivity contribution in [3.8, 4) is 0 Å². The van der Waals surface area contributed by atoms with Crippen LogP contribution in [-0.2, 0) is 19.6 Å². The number of benzene rings is 1. The molecule has 0 N–H and O–H groups in total. The number of nitrogens with zero attached hydrogens (tertiary/aromatic N) is 3.